The molecule has 25 heavy (non-hydrogen) atoms. The largest absolute Gasteiger partial charge is 0.372 e. The second kappa shape index (κ2) is 8.09. The van der Waals surface area contributed by atoms with Gasteiger partial charge in [0.2, 0.25) is 0 Å². The molecule has 0 N–H and O–H groups in total. The third kappa shape index (κ3) is 4.27. The molecule has 2 aliphatic rings. The molecule has 0 aromatic heterocycles. The van der Waals surface area contributed by atoms with E-state index in [9.17, 15) is 4.79 Å². The Bertz CT molecular complexity index is 669. The summed E-state index contributed by atoms with van der Waals surface area (Å²) in [6.07, 6.45) is 4.32. The van der Waals surface area contributed by atoms with Crippen molar-refractivity contribution in [3.05, 3.63) is 34.7 Å². The van der Waals surface area contributed by atoms with Gasteiger partial charge >= 0.3 is 0 Å². The maximum atomic E-state index is 12.3. The van der Waals surface area contributed by atoms with E-state index in [0.717, 1.165) is 47.7 Å². The van der Waals surface area contributed by atoms with Crippen molar-refractivity contribution in [3.63, 3.8) is 0 Å². The van der Waals surface area contributed by atoms with Crippen molar-refractivity contribution in [2.45, 2.75) is 33.6 Å². The lowest BCUT2D eigenvalue weighted by molar-refractivity contribution is -0.113. The number of carbonyl (C=O) groups excluding carboxylic acids is 1. The Labute approximate surface area is 155 Å². The van der Waals surface area contributed by atoms with Gasteiger partial charge in [0, 0.05) is 31.9 Å². The quantitative estimate of drug-likeness (QED) is 0.755. The predicted octanol–water partition coefficient (Wildman–Crippen LogP) is 4.24. The molecule has 2 heterocycles. The number of nitrogens with zero attached hydrogens (tertiary/aromatic N) is 3. The number of hydrogen-bond donors (Lipinski definition) is 0. The van der Waals surface area contributed by atoms with Crippen LogP contribution in [0.2, 0.25) is 0 Å². The number of rotatable bonds is 4. The lowest BCUT2D eigenvalue weighted by atomic mass is 10.00. The van der Waals surface area contributed by atoms with Gasteiger partial charge in [-0.25, -0.2) is 0 Å². The van der Waals surface area contributed by atoms with Crippen LogP contribution in [0.25, 0.3) is 6.08 Å². The molecule has 0 atom stereocenters. The monoisotopic (exact) mass is 357 g/mol. The molecule has 1 saturated heterocycles. The Morgan fingerprint density at radius 3 is 2.44 bits per heavy atom. The average Bonchev–Trinajstić information content (AvgIpc) is 2.99. The second-order valence-corrected chi connectivity index (χ2v) is 7.75. The van der Waals surface area contributed by atoms with E-state index in [1.54, 1.807) is 0 Å². The van der Waals surface area contributed by atoms with E-state index in [0.29, 0.717) is 0 Å². The van der Waals surface area contributed by atoms with Gasteiger partial charge in [0.1, 0.15) is 0 Å². The van der Waals surface area contributed by atoms with Crippen LogP contribution in [0, 0.1) is 5.92 Å². The van der Waals surface area contributed by atoms with Crippen LogP contribution < -0.4 is 4.90 Å². The zero-order valence-electron chi connectivity index (χ0n) is 15.4. The average molecular weight is 358 g/mol. The lowest BCUT2D eigenvalue weighted by Gasteiger charge is -2.30. The van der Waals surface area contributed by atoms with Crippen molar-refractivity contribution in [2.75, 3.05) is 31.1 Å². The van der Waals surface area contributed by atoms with Crippen LogP contribution in [0.3, 0.4) is 0 Å². The van der Waals surface area contributed by atoms with Gasteiger partial charge in [-0.15, -0.1) is 0 Å². The molecule has 1 aromatic rings. The smallest absolute Gasteiger partial charge is 0.286 e. The van der Waals surface area contributed by atoms with Gasteiger partial charge < -0.3 is 9.80 Å². The minimum absolute atomic E-state index is 0.105. The summed E-state index contributed by atoms with van der Waals surface area (Å²) in [4.78, 5) is 21.8. The molecular weight excluding hydrogens is 330 g/mol. The van der Waals surface area contributed by atoms with E-state index >= 15 is 0 Å². The molecule has 0 unspecified atom stereocenters. The SMILES string of the molecule is CCN(CC)c1ccc(/C=C2\SC(N3CCC(C)CC3)=NC2=O)cc1. The van der Waals surface area contributed by atoms with Crippen LogP contribution in [-0.2, 0) is 4.79 Å². The van der Waals surface area contributed by atoms with Gasteiger partial charge in [-0.1, -0.05) is 19.1 Å². The minimum Gasteiger partial charge on any atom is -0.372 e. The Morgan fingerprint density at radius 2 is 1.84 bits per heavy atom. The van der Waals surface area contributed by atoms with Crippen LogP contribution in [0.5, 0.6) is 0 Å². The first-order chi connectivity index (χ1) is 12.1. The van der Waals surface area contributed by atoms with Gasteiger partial charge in [-0.2, -0.15) is 4.99 Å². The Hall–Kier alpha value is -1.75. The molecule has 5 heteroatoms. The first-order valence-electron chi connectivity index (χ1n) is 9.23. The number of thioether (sulfide) groups is 1. The highest BCUT2D eigenvalue weighted by Gasteiger charge is 2.28. The molecule has 1 amide bonds. The molecule has 3 rings (SSSR count). The molecule has 2 aliphatic heterocycles. The first-order valence-corrected chi connectivity index (χ1v) is 10.0. The molecule has 0 saturated carbocycles. The van der Waals surface area contributed by atoms with Crippen molar-refractivity contribution in [2.24, 2.45) is 10.9 Å². The molecule has 0 bridgehead atoms. The summed E-state index contributed by atoms with van der Waals surface area (Å²) in [7, 11) is 0. The summed E-state index contributed by atoms with van der Waals surface area (Å²) < 4.78 is 0. The van der Waals surface area contributed by atoms with Gasteiger partial charge in [0.05, 0.1) is 4.91 Å². The van der Waals surface area contributed by atoms with E-state index in [-0.39, 0.29) is 5.91 Å². The van der Waals surface area contributed by atoms with Gasteiger partial charge in [0.15, 0.2) is 5.17 Å². The number of amides is 1. The van der Waals surface area contributed by atoms with Gasteiger partial charge in [-0.3, -0.25) is 4.79 Å². The van der Waals surface area contributed by atoms with Crippen molar-refractivity contribution >= 4 is 34.6 Å². The van der Waals surface area contributed by atoms with Crippen molar-refractivity contribution in [3.8, 4) is 0 Å². The number of aliphatic imine (C=N–C) groups is 1. The van der Waals surface area contributed by atoms with Crippen LogP contribution in [0.15, 0.2) is 34.2 Å². The van der Waals surface area contributed by atoms with Crippen LogP contribution in [-0.4, -0.2) is 42.2 Å². The Balaban J connectivity index is 1.67. The molecular formula is C20H27N3OS. The predicted molar refractivity (Wildman–Crippen MR) is 108 cm³/mol. The van der Waals surface area contributed by atoms with E-state index in [1.807, 2.05) is 6.08 Å². The van der Waals surface area contributed by atoms with E-state index in [4.69, 9.17) is 0 Å². The molecule has 134 valence electrons. The summed E-state index contributed by atoms with van der Waals surface area (Å²) in [5.41, 5.74) is 2.27. The van der Waals surface area contributed by atoms with Crippen LogP contribution in [0.4, 0.5) is 5.69 Å². The van der Waals surface area contributed by atoms with Crippen molar-refractivity contribution < 1.29 is 4.79 Å². The lowest BCUT2D eigenvalue weighted by Crippen LogP contribution is -2.35. The Kier molecular flexibility index (Phi) is 5.84. The number of hydrogen-bond acceptors (Lipinski definition) is 4. The van der Waals surface area contributed by atoms with Crippen molar-refractivity contribution in [1.82, 2.24) is 4.90 Å². The first kappa shape index (κ1) is 18.1. The summed E-state index contributed by atoms with van der Waals surface area (Å²) in [6.45, 7) is 10.6. The fourth-order valence-electron chi connectivity index (χ4n) is 3.25. The Morgan fingerprint density at radius 1 is 1.20 bits per heavy atom. The zero-order chi connectivity index (χ0) is 17.8. The fourth-order valence-corrected chi connectivity index (χ4v) is 4.22. The molecule has 0 spiro atoms. The summed E-state index contributed by atoms with van der Waals surface area (Å²) in [5.74, 6) is 0.671. The summed E-state index contributed by atoms with van der Waals surface area (Å²) >= 11 is 1.52. The molecule has 0 aliphatic carbocycles. The van der Waals surface area contributed by atoms with Gasteiger partial charge in [0.25, 0.3) is 5.91 Å². The maximum Gasteiger partial charge on any atom is 0.286 e. The topological polar surface area (TPSA) is 35.9 Å². The van der Waals surface area contributed by atoms with Crippen molar-refractivity contribution in [1.29, 1.82) is 0 Å². The minimum atomic E-state index is -0.105. The fraction of sp³-hybridized carbons (Fsp3) is 0.500. The van der Waals surface area contributed by atoms with Crippen LogP contribution in [0.1, 0.15) is 39.2 Å². The van der Waals surface area contributed by atoms with Gasteiger partial charge in [-0.05, 0) is 68.1 Å². The number of anilines is 1. The van der Waals surface area contributed by atoms with E-state index in [2.05, 4.69) is 59.8 Å². The number of amidine groups is 1. The summed E-state index contributed by atoms with van der Waals surface area (Å²) in [6, 6.07) is 8.40. The number of likely N-dealkylation sites (tertiary alicyclic amines) is 1. The second-order valence-electron chi connectivity index (χ2n) is 6.74. The highest BCUT2D eigenvalue weighted by Crippen LogP contribution is 2.32. The zero-order valence-corrected chi connectivity index (χ0v) is 16.2. The normalized spacial score (nSPS) is 20.3. The third-order valence-corrected chi connectivity index (χ3v) is 6.03. The molecule has 1 fully saturated rings. The maximum absolute atomic E-state index is 12.3. The number of carbonyl (C=O) groups is 1. The number of benzene rings is 1. The highest BCUT2D eigenvalue weighted by molar-refractivity contribution is 8.18. The van der Waals surface area contributed by atoms with Crippen LogP contribution >= 0.6 is 11.8 Å². The van der Waals surface area contributed by atoms with E-state index in [1.165, 1.54) is 30.3 Å². The standard InChI is InChI=1S/C20H27N3OS/c1-4-22(5-2)17-8-6-16(7-9-17)14-18-19(24)21-20(25-18)23-12-10-15(3)11-13-23/h6-9,14-15H,4-5,10-13H2,1-3H3/b18-14-. The highest BCUT2D eigenvalue weighted by atomic mass is 32.2. The summed E-state index contributed by atoms with van der Waals surface area (Å²) in [5, 5.41) is 0.878. The molecule has 0 radical (unpaired) electrons. The third-order valence-electron chi connectivity index (χ3n) is 4.98. The molecule has 4 nitrogen and oxygen atoms in total. The number of piperidine rings is 1. The van der Waals surface area contributed by atoms with E-state index < -0.39 is 0 Å². The molecule has 1 aromatic carbocycles.